The second-order valence-electron chi connectivity index (χ2n) is 15.3. The molecule has 1 heterocycles. The quantitative estimate of drug-likeness (QED) is 0.137. The van der Waals surface area contributed by atoms with Crippen LogP contribution in [0.25, 0.3) is 0 Å². The van der Waals surface area contributed by atoms with Gasteiger partial charge < -0.3 is 18.2 Å². The van der Waals surface area contributed by atoms with Gasteiger partial charge in [-0.3, -0.25) is 0 Å². The monoisotopic (exact) mass is 1280 g/mol. The summed E-state index contributed by atoms with van der Waals surface area (Å²) in [5, 5.41) is 0. The third-order valence-electron chi connectivity index (χ3n) is 10.3. The van der Waals surface area contributed by atoms with Crippen LogP contribution in [0.1, 0.15) is 22.3 Å². The van der Waals surface area contributed by atoms with Gasteiger partial charge in [-0.05, 0) is 181 Å². The lowest BCUT2D eigenvalue weighted by Crippen LogP contribution is -2.21. The molecule has 0 aromatic heterocycles. The summed E-state index contributed by atoms with van der Waals surface area (Å²) in [7, 11) is -16.8. The molecule has 8 aromatic rings. The second kappa shape index (κ2) is 22.5. The molecule has 0 bridgehead atoms. The molecular formula is C52H36Br4N8O4S4. The Morgan fingerprint density at radius 1 is 0.236 bits per heavy atom. The van der Waals surface area contributed by atoms with Crippen LogP contribution in [0.4, 0.5) is 0 Å². The molecule has 0 fully saturated rings. The van der Waals surface area contributed by atoms with Crippen molar-refractivity contribution in [2.75, 3.05) is 0 Å². The Morgan fingerprint density at radius 3 is 0.569 bits per heavy atom. The first-order valence-electron chi connectivity index (χ1n) is 21.4. The van der Waals surface area contributed by atoms with Gasteiger partial charge in [-0.2, -0.15) is 0 Å². The van der Waals surface area contributed by atoms with Gasteiger partial charge >= 0.3 is 0 Å². The fourth-order valence-corrected chi connectivity index (χ4v) is 14.1. The lowest BCUT2D eigenvalue weighted by atomic mass is 10.2. The molecule has 0 spiro atoms. The van der Waals surface area contributed by atoms with Crippen LogP contribution < -0.4 is 0 Å². The lowest BCUT2D eigenvalue weighted by molar-refractivity contribution is 0.586. The molecule has 0 radical (unpaired) electrons. The fraction of sp³-hybridized carbons (Fsp3) is 0. The lowest BCUT2D eigenvalue weighted by Gasteiger charge is -2.22. The number of hydrogen-bond donors (Lipinski definition) is 0. The fourth-order valence-electron chi connectivity index (χ4n) is 6.72. The molecule has 0 saturated heterocycles. The number of hydrogen-bond acceptors (Lipinski definition) is 12. The Morgan fingerprint density at radius 2 is 0.403 bits per heavy atom. The molecule has 0 amide bonds. The average molecular weight is 1280 g/mol. The van der Waals surface area contributed by atoms with E-state index in [-0.39, 0.29) is 65.2 Å². The van der Waals surface area contributed by atoms with Crippen LogP contribution in [-0.2, 0) is 41.2 Å². The Bertz CT molecular complexity index is 3140. The van der Waals surface area contributed by atoms with E-state index in [4.69, 9.17) is 35.0 Å². The minimum Gasteiger partial charge on any atom is -0.603 e. The van der Waals surface area contributed by atoms with Crippen LogP contribution in [-0.4, -0.2) is 41.6 Å². The number of halogens is 4. The highest BCUT2D eigenvalue weighted by Gasteiger charge is 2.33. The molecule has 72 heavy (non-hydrogen) atoms. The van der Waals surface area contributed by atoms with Crippen molar-refractivity contribution in [1.82, 2.24) is 0 Å². The second-order valence-corrected chi connectivity index (χ2v) is 26.3. The minimum atomic E-state index is -4.20. The largest absolute Gasteiger partial charge is 0.603 e. The van der Waals surface area contributed by atoms with Gasteiger partial charge in [-0.15, -0.1) is 0 Å². The van der Waals surface area contributed by atoms with Crippen LogP contribution in [0.3, 0.4) is 0 Å². The van der Waals surface area contributed by atoms with Gasteiger partial charge in [0.1, 0.15) is 0 Å². The van der Waals surface area contributed by atoms with E-state index >= 15 is 18.2 Å². The molecule has 4 unspecified atom stereocenters. The van der Waals surface area contributed by atoms with Gasteiger partial charge in [0.2, 0.25) is 0 Å². The molecule has 12 nitrogen and oxygen atoms in total. The third kappa shape index (κ3) is 12.2. The van der Waals surface area contributed by atoms with Crippen molar-refractivity contribution in [3.8, 4) is 0 Å². The molecule has 0 aliphatic carbocycles. The Labute approximate surface area is 455 Å². The summed E-state index contributed by atoms with van der Waals surface area (Å²) >= 11 is 14.0. The van der Waals surface area contributed by atoms with Crippen molar-refractivity contribution in [3.63, 3.8) is 0 Å². The molecule has 1 aliphatic heterocycles. The normalized spacial score (nSPS) is 24.7. The predicted molar refractivity (Wildman–Crippen MR) is 304 cm³/mol. The standard InChI is InChI=1S/C52H36Br4N8O4S4/c53-41-29-21-37(22-30-41)49-57-69(65,45-13-5-1-6-14-45)58-50(38-23-31-42(54)32-24-38)60-71(67,47-17-9-3-10-18-47)62-52(40-27-35-44(56)36-28-40)64-72(68,48-19-11-4-12-20-48)63-51(39-25-33-43(55)34-26-39)61-70(66,59-49)46-15-7-2-8-16-46/h1-36H. The first-order valence-corrected chi connectivity index (χ1v) is 30.5. The highest BCUT2D eigenvalue weighted by molar-refractivity contribution is 9.11. The van der Waals surface area contributed by atoms with Gasteiger partial charge in [0.15, 0.2) is 19.6 Å². The molecule has 0 N–H and O–H groups in total. The van der Waals surface area contributed by atoms with Gasteiger partial charge in [0.05, 0.1) is 41.2 Å². The summed E-state index contributed by atoms with van der Waals surface area (Å²) in [6.07, 6.45) is 0. The van der Waals surface area contributed by atoms with Crippen molar-refractivity contribution in [2.45, 2.75) is 19.6 Å². The van der Waals surface area contributed by atoms with Crippen molar-refractivity contribution in [1.29, 1.82) is 0 Å². The van der Waals surface area contributed by atoms with Crippen molar-refractivity contribution < 1.29 is 18.2 Å². The molecule has 20 heteroatoms. The first kappa shape index (κ1) is 51.7. The van der Waals surface area contributed by atoms with Crippen LogP contribution in [0, 0.1) is 0 Å². The molecule has 360 valence electrons. The highest BCUT2D eigenvalue weighted by Crippen LogP contribution is 2.34. The van der Waals surface area contributed by atoms with Gasteiger partial charge in [-0.1, -0.05) is 137 Å². The van der Waals surface area contributed by atoms with E-state index in [2.05, 4.69) is 63.7 Å². The summed E-state index contributed by atoms with van der Waals surface area (Å²) < 4.78 is 107. The van der Waals surface area contributed by atoms with Crippen LogP contribution in [0.5, 0.6) is 0 Å². The summed E-state index contributed by atoms with van der Waals surface area (Å²) in [6, 6.07) is 60.2. The van der Waals surface area contributed by atoms with Crippen LogP contribution >= 0.6 is 63.7 Å². The van der Waals surface area contributed by atoms with E-state index in [1.807, 2.05) is 0 Å². The van der Waals surface area contributed by atoms with Gasteiger partial charge in [-0.25, -0.2) is 0 Å². The third-order valence-corrected chi connectivity index (χ3v) is 19.3. The molecular weight excluding hydrogens is 1250 g/mol. The Balaban J connectivity index is 1.56. The van der Waals surface area contributed by atoms with E-state index in [1.165, 1.54) is 0 Å². The zero-order chi connectivity index (χ0) is 50.4. The minimum absolute atomic E-state index is 0.115. The van der Waals surface area contributed by atoms with Gasteiger partial charge in [0, 0.05) is 40.1 Å². The molecule has 1 aliphatic rings. The van der Waals surface area contributed by atoms with Crippen LogP contribution in [0.15, 0.2) is 291 Å². The maximum atomic E-state index is 16.3. The van der Waals surface area contributed by atoms with E-state index in [0.717, 1.165) is 0 Å². The molecule has 9 rings (SSSR count). The van der Waals surface area contributed by atoms with E-state index in [9.17, 15) is 0 Å². The zero-order valence-corrected chi connectivity index (χ0v) is 46.8. The molecule has 0 saturated carbocycles. The summed E-state index contributed by atoms with van der Waals surface area (Å²) in [4.78, 5) is 0.459. The van der Waals surface area contributed by atoms with E-state index in [0.29, 0.717) is 17.9 Å². The maximum absolute atomic E-state index is 16.3. The topological polar surface area (TPSA) is 191 Å². The predicted octanol–water partition coefficient (Wildman–Crippen LogP) is 14.6. The maximum Gasteiger partial charge on any atom is 0.256 e. The van der Waals surface area contributed by atoms with Crippen LogP contribution in [0.2, 0.25) is 0 Å². The summed E-state index contributed by atoms with van der Waals surface area (Å²) in [5.74, 6) is -1.16. The van der Waals surface area contributed by atoms with Crippen molar-refractivity contribution >= 4 is 128 Å². The number of amidine groups is 4. The number of benzene rings is 8. The Hall–Kier alpha value is -5.20. The number of nitrogens with zero attached hydrogens (tertiary/aromatic N) is 8. The SMILES string of the molecule is [O-][S+]1(c2ccccc2)=NC(/c2ccc(Br)cc2)=N\[S+]([O-])(c2ccccc2)=NC(/c2ccc(Br)cc2)=N/[S+]([O-])(c2ccccc2)=NC(/c2ccc(Br)cc2)=N/[S+]([O-])(c2ccccc2)=NC(/c2ccc(Br)cc2)=N\1. The summed E-state index contributed by atoms with van der Waals surface area (Å²) in [6.45, 7) is 0. The average Bonchev–Trinajstić information content (AvgIpc) is 3.39. The summed E-state index contributed by atoms with van der Waals surface area (Å²) in [5.41, 5.74) is 1.12. The molecule has 8 aromatic carbocycles. The number of rotatable bonds is 8. The van der Waals surface area contributed by atoms with E-state index < -0.39 is 41.2 Å². The molecule has 4 atom stereocenters. The zero-order valence-electron chi connectivity index (χ0n) is 37.1. The smallest absolute Gasteiger partial charge is 0.256 e. The van der Waals surface area contributed by atoms with Crippen molar-refractivity contribution in [3.05, 3.63) is 259 Å². The highest BCUT2D eigenvalue weighted by atomic mass is 79.9. The first-order chi connectivity index (χ1) is 34.7. The Kier molecular flexibility index (Phi) is 16.2. The van der Waals surface area contributed by atoms with Gasteiger partial charge in [0.25, 0.3) is 23.3 Å². The van der Waals surface area contributed by atoms with E-state index in [1.54, 1.807) is 218 Å². The van der Waals surface area contributed by atoms with Crippen molar-refractivity contribution in [2.24, 2.45) is 35.0 Å².